The second-order valence-corrected chi connectivity index (χ2v) is 4.85. The molecule has 0 fully saturated rings. The van der Waals surface area contributed by atoms with Gasteiger partial charge in [0.15, 0.2) is 0 Å². The van der Waals surface area contributed by atoms with E-state index in [4.69, 9.17) is 4.52 Å². The fourth-order valence-corrected chi connectivity index (χ4v) is 1.99. The number of halogens is 1. The third-order valence-electron chi connectivity index (χ3n) is 3.27. The average molecular weight is 292 g/mol. The van der Waals surface area contributed by atoms with Crippen LogP contribution in [0.3, 0.4) is 0 Å². The van der Waals surface area contributed by atoms with Crippen molar-refractivity contribution < 1.29 is 18.8 Å². The number of aliphatic hydroxyl groups is 1. The van der Waals surface area contributed by atoms with Gasteiger partial charge in [-0.2, -0.15) is 0 Å². The summed E-state index contributed by atoms with van der Waals surface area (Å²) in [4.78, 5) is 11.9. The number of carbonyl (C=O) groups is 1. The second-order valence-electron chi connectivity index (χ2n) is 4.85. The highest BCUT2D eigenvalue weighted by Gasteiger charge is 2.15. The highest BCUT2D eigenvalue weighted by Crippen LogP contribution is 2.14. The minimum Gasteiger partial charge on any atom is -0.387 e. The standard InChI is InChI=1S/C15H17FN2O3/c1-9-13(10(2)21-18-9)7-15(20)17-8-14(19)11-3-5-12(16)6-4-11/h3-6,14,19H,7-8H2,1-2H3,(H,17,20). The Morgan fingerprint density at radius 1 is 1.38 bits per heavy atom. The predicted molar refractivity (Wildman–Crippen MR) is 74.1 cm³/mol. The number of carbonyl (C=O) groups excluding carboxylic acids is 1. The molecule has 2 N–H and O–H groups in total. The largest absolute Gasteiger partial charge is 0.387 e. The normalized spacial score (nSPS) is 12.2. The summed E-state index contributed by atoms with van der Waals surface area (Å²) in [5, 5.41) is 16.3. The summed E-state index contributed by atoms with van der Waals surface area (Å²) < 4.78 is 17.8. The first-order valence-corrected chi connectivity index (χ1v) is 6.59. The maximum Gasteiger partial charge on any atom is 0.224 e. The van der Waals surface area contributed by atoms with Crippen molar-refractivity contribution >= 4 is 5.91 Å². The van der Waals surface area contributed by atoms with Gasteiger partial charge < -0.3 is 14.9 Å². The summed E-state index contributed by atoms with van der Waals surface area (Å²) in [5.74, 6) is 0.0145. The number of benzene rings is 1. The Labute approximate surface area is 121 Å². The number of amides is 1. The molecule has 21 heavy (non-hydrogen) atoms. The van der Waals surface area contributed by atoms with Crippen LogP contribution in [0.1, 0.15) is 28.7 Å². The summed E-state index contributed by atoms with van der Waals surface area (Å²) in [5.41, 5.74) is 1.99. The van der Waals surface area contributed by atoms with Gasteiger partial charge in [-0.15, -0.1) is 0 Å². The van der Waals surface area contributed by atoms with E-state index in [-0.39, 0.29) is 24.7 Å². The van der Waals surface area contributed by atoms with Crippen molar-refractivity contribution in [1.82, 2.24) is 10.5 Å². The van der Waals surface area contributed by atoms with Gasteiger partial charge in [-0.05, 0) is 31.5 Å². The van der Waals surface area contributed by atoms with Crippen LogP contribution in [-0.4, -0.2) is 22.7 Å². The van der Waals surface area contributed by atoms with Crippen LogP contribution in [0.15, 0.2) is 28.8 Å². The summed E-state index contributed by atoms with van der Waals surface area (Å²) in [6.45, 7) is 3.58. The monoisotopic (exact) mass is 292 g/mol. The van der Waals surface area contributed by atoms with E-state index in [0.717, 1.165) is 5.56 Å². The molecule has 0 saturated carbocycles. The number of aliphatic hydroxyl groups excluding tert-OH is 1. The van der Waals surface area contributed by atoms with E-state index in [1.165, 1.54) is 24.3 Å². The van der Waals surface area contributed by atoms with Crippen LogP contribution in [0.2, 0.25) is 0 Å². The molecule has 0 aliphatic heterocycles. The lowest BCUT2D eigenvalue weighted by Gasteiger charge is -2.12. The lowest BCUT2D eigenvalue weighted by Crippen LogP contribution is -2.29. The molecule has 5 nitrogen and oxygen atoms in total. The van der Waals surface area contributed by atoms with Gasteiger partial charge in [0.2, 0.25) is 5.91 Å². The topological polar surface area (TPSA) is 75.4 Å². The Morgan fingerprint density at radius 3 is 2.62 bits per heavy atom. The van der Waals surface area contributed by atoms with Gasteiger partial charge in [-0.1, -0.05) is 17.3 Å². The smallest absolute Gasteiger partial charge is 0.224 e. The van der Waals surface area contributed by atoms with Gasteiger partial charge >= 0.3 is 0 Å². The fraction of sp³-hybridized carbons (Fsp3) is 0.333. The van der Waals surface area contributed by atoms with Crippen LogP contribution in [0.25, 0.3) is 0 Å². The van der Waals surface area contributed by atoms with E-state index in [1.54, 1.807) is 13.8 Å². The highest BCUT2D eigenvalue weighted by molar-refractivity contribution is 5.79. The maximum atomic E-state index is 12.8. The van der Waals surface area contributed by atoms with Crippen molar-refractivity contribution in [3.05, 3.63) is 52.7 Å². The summed E-state index contributed by atoms with van der Waals surface area (Å²) in [6, 6.07) is 5.51. The fourth-order valence-electron chi connectivity index (χ4n) is 1.99. The van der Waals surface area contributed by atoms with E-state index in [9.17, 15) is 14.3 Å². The molecule has 0 bridgehead atoms. The van der Waals surface area contributed by atoms with Crippen molar-refractivity contribution in [2.45, 2.75) is 26.4 Å². The first-order valence-electron chi connectivity index (χ1n) is 6.59. The molecule has 0 spiro atoms. The van der Waals surface area contributed by atoms with E-state index in [1.807, 2.05) is 0 Å². The molecule has 2 rings (SSSR count). The SMILES string of the molecule is Cc1noc(C)c1CC(=O)NCC(O)c1ccc(F)cc1. The second kappa shape index (κ2) is 6.49. The van der Waals surface area contributed by atoms with Crippen LogP contribution in [0.4, 0.5) is 4.39 Å². The minimum absolute atomic E-state index is 0.0633. The lowest BCUT2D eigenvalue weighted by molar-refractivity contribution is -0.120. The Bertz CT molecular complexity index is 603. The van der Waals surface area contributed by atoms with Gasteiger partial charge in [-0.3, -0.25) is 4.79 Å². The molecule has 1 atom stereocenters. The van der Waals surface area contributed by atoms with Crippen LogP contribution >= 0.6 is 0 Å². The van der Waals surface area contributed by atoms with Crippen molar-refractivity contribution in [2.24, 2.45) is 0 Å². The Kier molecular flexibility index (Phi) is 4.70. The zero-order valence-corrected chi connectivity index (χ0v) is 11.9. The predicted octanol–water partition coefficient (Wildman–Crippen LogP) is 1.82. The van der Waals surface area contributed by atoms with Crippen LogP contribution in [0, 0.1) is 19.7 Å². The molecule has 0 aliphatic carbocycles. The molecule has 1 heterocycles. The molecule has 1 unspecified atom stereocenters. The number of hydrogen-bond donors (Lipinski definition) is 2. The van der Waals surface area contributed by atoms with Gasteiger partial charge in [0.05, 0.1) is 18.2 Å². The van der Waals surface area contributed by atoms with Gasteiger partial charge in [0.1, 0.15) is 11.6 Å². The molecule has 0 saturated heterocycles. The van der Waals surface area contributed by atoms with E-state index in [2.05, 4.69) is 10.5 Å². The Balaban J connectivity index is 1.88. The van der Waals surface area contributed by atoms with Crippen LogP contribution < -0.4 is 5.32 Å². The third-order valence-corrected chi connectivity index (χ3v) is 3.27. The van der Waals surface area contributed by atoms with Gasteiger partial charge in [0, 0.05) is 12.1 Å². The molecule has 1 aromatic heterocycles. The first kappa shape index (κ1) is 15.2. The van der Waals surface area contributed by atoms with E-state index >= 15 is 0 Å². The van der Waals surface area contributed by atoms with Gasteiger partial charge in [0.25, 0.3) is 0 Å². The molecule has 0 radical (unpaired) electrons. The number of hydrogen-bond acceptors (Lipinski definition) is 4. The molecule has 1 aromatic carbocycles. The molecular weight excluding hydrogens is 275 g/mol. The minimum atomic E-state index is -0.876. The molecule has 1 amide bonds. The van der Waals surface area contributed by atoms with Gasteiger partial charge in [-0.25, -0.2) is 4.39 Å². The molecule has 6 heteroatoms. The summed E-state index contributed by atoms with van der Waals surface area (Å²) in [7, 11) is 0. The molecule has 0 aliphatic rings. The average Bonchev–Trinajstić information content (AvgIpc) is 2.77. The number of nitrogens with zero attached hydrogens (tertiary/aromatic N) is 1. The van der Waals surface area contributed by atoms with Crippen molar-refractivity contribution in [3.63, 3.8) is 0 Å². The number of rotatable bonds is 5. The summed E-state index contributed by atoms with van der Waals surface area (Å²) in [6.07, 6.45) is -0.726. The van der Waals surface area contributed by atoms with Crippen LogP contribution in [-0.2, 0) is 11.2 Å². The molecule has 112 valence electrons. The maximum absolute atomic E-state index is 12.8. The molecule has 2 aromatic rings. The number of nitrogens with one attached hydrogen (secondary N) is 1. The van der Waals surface area contributed by atoms with E-state index < -0.39 is 6.10 Å². The lowest BCUT2D eigenvalue weighted by atomic mass is 10.1. The molecular formula is C15H17FN2O3. The Morgan fingerprint density at radius 2 is 2.05 bits per heavy atom. The Hall–Kier alpha value is -2.21. The van der Waals surface area contributed by atoms with Crippen molar-refractivity contribution in [1.29, 1.82) is 0 Å². The van der Waals surface area contributed by atoms with E-state index in [0.29, 0.717) is 17.0 Å². The van der Waals surface area contributed by atoms with Crippen molar-refractivity contribution in [2.75, 3.05) is 6.54 Å². The number of aromatic nitrogens is 1. The third kappa shape index (κ3) is 3.88. The quantitative estimate of drug-likeness (QED) is 0.881. The van der Waals surface area contributed by atoms with Crippen molar-refractivity contribution in [3.8, 4) is 0 Å². The zero-order chi connectivity index (χ0) is 15.4. The highest BCUT2D eigenvalue weighted by atomic mass is 19.1. The zero-order valence-electron chi connectivity index (χ0n) is 11.9. The van der Waals surface area contributed by atoms with Crippen LogP contribution in [0.5, 0.6) is 0 Å². The number of aryl methyl sites for hydroxylation is 2. The first-order chi connectivity index (χ1) is 9.97. The summed E-state index contributed by atoms with van der Waals surface area (Å²) >= 11 is 0.